The van der Waals surface area contributed by atoms with Crippen LogP contribution < -0.4 is 16.3 Å². The van der Waals surface area contributed by atoms with Gasteiger partial charge >= 0.3 is 0 Å². The van der Waals surface area contributed by atoms with Crippen LogP contribution in [0, 0.1) is 0 Å². The van der Waals surface area contributed by atoms with Crippen molar-refractivity contribution >= 4 is 28.3 Å². The number of hydrogen-bond donors (Lipinski definition) is 1. The van der Waals surface area contributed by atoms with Crippen molar-refractivity contribution in [3.8, 4) is 0 Å². The van der Waals surface area contributed by atoms with Crippen LogP contribution in [0.2, 0.25) is 0 Å². The first-order valence-electron chi connectivity index (χ1n) is 4.84. The van der Waals surface area contributed by atoms with E-state index < -0.39 is 5.54 Å². The van der Waals surface area contributed by atoms with Crippen LogP contribution in [-0.4, -0.2) is 11.8 Å². The molecule has 0 saturated heterocycles. The summed E-state index contributed by atoms with van der Waals surface area (Å²) in [5.41, 5.74) is 6.13. The third-order valence-corrected chi connectivity index (χ3v) is 3.53. The van der Waals surface area contributed by atoms with Gasteiger partial charge < -0.3 is 5.73 Å². The van der Waals surface area contributed by atoms with Gasteiger partial charge in [0, 0.05) is 16.2 Å². The molecular formula is C12H11BrN2O. The van der Waals surface area contributed by atoms with Crippen molar-refractivity contribution in [3.63, 3.8) is 0 Å². The molecule has 16 heavy (non-hydrogen) atoms. The Morgan fingerprint density at radius 1 is 1.50 bits per heavy atom. The lowest BCUT2D eigenvalue weighted by atomic mass is 10.0. The highest BCUT2D eigenvalue weighted by Crippen LogP contribution is 2.21. The molecule has 0 fully saturated rings. The quantitative estimate of drug-likeness (QED) is 0.775. The van der Waals surface area contributed by atoms with E-state index in [4.69, 9.17) is 5.73 Å². The number of carbonyl (C=O) groups excluding carboxylic acids is 1. The zero-order chi connectivity index (χ0) is 11.8. The Labute approximate surface area is 102 Å². The maximum atomic E-state index is 10.7. The fourth-order valence-electron chi connectivity index (χ4n) is 1.54. The summed E-state index contributed by atoms with van der Waals surface area (Å²) < 4.78 is 0.809. The van der Waals surface area contributed by atoms with Crippen molar-refractivity contribution in [3.05, 3.63) is 45.0 Å². The molecule has 2 N–H and O–H groups in total. The minimum Gasteiger partial charge on any atom is -0.318 e. The fraction of sp³-hybridized carbons (Fsp3) is 0.167. The van der Waals surface area contributed by atoms with E-state index in [1.54, 1.807) is 18.3 Å². The zero-order valence-corrected chi connectivity index (χ0v) is 10.4. The molecule has 0 bridgehead atoms. The molecule has 1 aliphatic heterocycles. The fourth-order valence-corrected chi connectivity index (χ4v) is 1.75. The van der Waals surface area contributed by atoms with Gasteiger partial charge in [-0.15, -0.1) is 0 Å². The number of halogens is 1. The van der Waals surface area contributed by atoms with Gasteiger partial charge in [-0.2, -0.15) is 0 Å². The zero-order valence-electron chi connectivity index (χ0n) is 8.77. The average molecular weight is 279 g/mol. The van der Waals surface area contributed by atoms with Gasteiger partial charge in [-0.05, 0) is 30.3 Å². The van der Waals surface area contributed by atoms with Crippen LogP contribution in [-0.2, 0) is 0 Å². The number of carbonyl (C=O) groups is 1. The topological polar surface area (TPSA) is 55.5 Å². The number of aldehydes is 1. The van der Waals surface area contributed by atoms with Gasteiger partial charge in [-0.1, -0.05) is 22.0 Å². The second-order valence-corrected chi connectivity index (χ2v) is 4.82. The highest BCUT2D eigenvalue weighted by atomic mass is 79.9. The largest absolute Gasteiger partial charge is 0.318 e. The van der Waals surface area contributed by atoms with Gasteiger partial charge in [0.2, 0.25) is 0 Å². The lowest BCUT2D eigenvalue weighted by Gasteiger charge is -2.18. The normalized spacial score (nSPS) is 23.3. The van der Waals surface area contributed by atoms with E-state index in [0.29, 0.717) is 5.56 Å². The molecule has 82 valence electrons. The van der Waals surface area contributed by atoms with Crippen LogP contribution in [0.15, 0.2) is 33.9 Å². The van der Waals surface area contributed by atoms with E-state index in [-0.39, 0.29) is 0 Å². The predicted octanol–water partition coefficient (Wildman–Crippen LogP) is 0.866. The highest BCUT2D eigenvalue weighted by molar-refractivity contribution is 9.11. The van der Waals surface area contributed by atoms with Crippen molar-refractivity contribution in [2.45, 2.75) is 12.5 Å². The lowest BCUT2D eigenvalue weighted by Crippen LogP contribution is -2.37. The van der Waals surface area contributed by atoms with Crippen LogP contribution in [0.25, 0.3) is 6.08 Å². The number of hydrogen-bond acceptors (Lipinski definition) is 3. The summed E-state index contributed by atoms with van der Waals surface area (Å²) in [6.07, 6.45) is 4.41. The SMILES string of the molecule is CC1(N)C=c2cc(C=O)ccc2=NC=C1Br. The number of nitrogens with two attached hydrogens (primary N) is 1. The Balaban J connectivity index is 2.77. The molecule has 0 amide bonds. The molecule has 1 atom stereocenters. The standard InChI is InChI=1S/C12H11BrN2O/c1-12(14)5-9-4-8(7-16)2-3-10(9)15-6-11(12)13/h2-7H,14H2,1H3. The lowest BCUT2D eigenvalue weighted by molar-refractivity contribution is 0.112. The van der Waals surface area contributed by atoms with Crippen LogP contribution in [0.5, 0.6) is 0 Å². The summed E-state index contributed by atoms with van der Waals surface area (Å²) in [7, 11) is 0. The van der Waals surface area contributed by atoms with Crippen LogP contribution in [0.4, 0.5) is 0 Å². The number of nitrogens with zero attached hydrogens (tertiary/aromatic N) is 1. The van der Waals surface area contributed by atoms with E-state index in [0.717, 1.165) is 21.3 Å². The summed E-state index contributed by atoms with van der Waals surface area (Å²) in [6.45, 7) is 1.88. The van der Waals surface area contributed by atoms with E-state index in [2.05, 4.69) is 20.9 Å². The molecule has 2 rings (SSSR count). The minimum atomic E-state index is -0.601. The first kappa shape index (κ1) is 11.2. The van der Waals surface area contributed by atoms with Crippen molar-refractivity contribution in [2.24, 2.45) is 10.7 Å². The Hall–Kier alpha value is -1.26. The number of rotatable bonds is 1. The molecule has 0 spiro atoms. The van der Waals surface area contributed by atoms with E-state index in [1.165, 1.54) is 0 Å². The smallest absolute Gasteiger partial charge is 0.150 e. The molecule has 1 aromatic carbocycles. The number of fused-ring (bicyclic) bond motifs is 1. The van der Waals surface area contributed by atoms with Gasteiger partial charge in [0.15, 0.2) is 0 Å². The summed E-state index contributed by atoms with van der Waals surface area (Å²) in [6, 6.07) is 5.34. The molecule has 4 heteroatoms. The van der Waals surface area contributed by atoms with Crippen molar-refractivity contribution in [1.82, 2.24) is 0 Å². The molecule has 1 aliphatic rings. The molecule has 3 nitrogen and oxygen atoms in total. The molecule has 0 aromatic heterocycles. The molecule has 0 aliphatic carbocycles. The molecule has 1 heterocycles. The van der Waals surface area contributed by atoms with Crippen molar-refractivity contribution in [2.75, 3.05) is 0 Å². The molecule has 0 radical (unpaired) electrons. The average Bonchev–Trinajstić information content (AvgIpc) is 2.36. The summed E-state index contributed by atoms with van der Waals surface area (Å²) >= 11 is 3.40. The summed E-state index contributed by atoms with van der Waals surface area (Å²) in [5, 5.41) is 1.69. The van der Waals surface area contributed by atoms with Crippen LogP contribution in [0.1, 0.15) is 17.3 Å². The second-order valence-electron chi connectivity index (χ2n) is 3.97. The van der Waals surface area contributed by atoms with E-state index >= 15 is 0 Å². The first-order chi connectivity index (χ1) is 7.53. The molecular weight excluding hydrogens is 268 g/mol. The Morgan fingerprint density at radius 2 is 2.25 bits per heavy atom. The van der Waals surface area contributed by atoms with Gasteiger partial charge in [-0.25, -0.2) is 0 Å². The Kier molecular flexibility index (Phi) is 2.78. The maximum absolute atomic E-state index is 10.7. The summed E-state index contributed by atoms with van der Waals surface area (Å²) in [5.74, 6) is 0. The van der Waals surface area contributed by atoms with E-state index in [9.17, 15) is 4.79 Å². The Morgan fingerprint density at radius 3 is 2.94 bits per heavy atom. The second kappa shape index (κ2) is 3.96. The third kappa shape index (κ3) is 1.99. The monoisotopic (exact) mass is 278 g/mol. The molecule has 1 aromatic rings. The van der Waals surface area contributed by atoms with Crippen molar-refractivity contribution in [1.29, 1.82) is 0 Å². The van der Waals surface area contributed by atoms with Crippen LogP contribution >= 0.6 is 15.9 Å². The van der Waals surface area contributed by atoms with Gasteiger partial charge in [0.1, 0.15) is 6.29 Å². The van der Waals surface area contributed by atoms with Gasteiger partial charge in [0.25, 0.3) is 0 Å². The highest BCUT2D eigenvalue weighted by Gasteiger charge is 2.20. The minimum absolute atomic E-state index is 0.601. The molecule has 1 unspecified atom stereocenters. The van der Waals surface area contributed by atoms with Crippen LogP contribution in [0.3, 0.4) is 0 Å². The van der Waals surface area contributed by atoms with Gasteiger partial charge in [0.05, 0.1) is 10.9 Å². The number of benzene rings is 1. The van der Waals surface area contributed by atoms with Gasteiger partial charge in [-0.3, -0.25) is 9.79 Å². The molecule has 0 saturated carbocycles. The third-order valence-electron chi connectivity index (χ3n) is 2.47. The maximum Gasteiger partial charge on any atom is 0.150 e. The summed E-state index contributed by atoms with van der Waals surface area (Å²) in [4.78, 5) is 15.0. The Bertz CT molecular complexity index is 588. The van der Waals surface area contributed by atoms with E-state index in [1.807, 2.05) is 19.1 Å². The first-order valence-corrected chi connectivity index (χ1v) is 5.63. The van der Waals surface area contributed by atoms with Crippen molar-refractivity contribution < 1.29 is 4.79 Å². The predicted molar refractivity (Wildman–Crippen MR) is 66.7 cm³/mol.